The van der Waals surface area contributed by atoms with Crippen molar-refractivity contribution in [1.29, 1.82) is 5.26 Å². The summed E-state index contributed by atoms with van der Waals surface area (Å²) in [7, 11) is 1.89. The lowest BCUT2D eigenvalue weighted by Crippen LogP contribution is -2.11. The number of hydrogen-bond donors (Lipinski definition) is 1. The van der Waals surface area contributed by atoms with Crippen LogP contribution in [0.4, 0.5) is 11.5 Å². The second-order valence-corrected chi connectivity index (χ2v) is 4.35. The van der Waals surface area contributed by atoms with Crippen LogP contribution < -0.4 is 4.90 Å². The van der Waals surface area contributed by atoms with Crippen LogP contribution in [0.1, 0.15) is 24.2 Å². The van der Waals surface area contributed by atoms with Gasteiger partial charge in [-0.05, 0) is 36.8 Å². The van der Waals surface area contributed by atoms with Gasteiger partial charge in [0.25, 0.3) is 0 Å². The summed E-state index contributed by atoms with van der Waals surface area (Å²) in [5.41, 5.74) is 2.30. The summed E-state index contributed by atoms with van der Waals surface area (Å²) in [4.78, 5) is 6.21. The minimum atomic E-state index is -0.520. The normalized spacial score (nSPS) is 11.7. The Bertz CT molecular complexity index is 600. The molecule has 1 unspecified atom stereocenters. The topological polar surface area (TPSA) is 60.1 Å². The van der Waals surface area contributed by atoms with Crippen LogP contribution in [0, 0.1) is 11.3 Å². The van der Waals surface area contributed by atoms with Crippen LogP contribution in [-0.2, 0) is 0 Å². The zero-order valence-corrected chi connectivity index (χ0v) is 10.9. The van der Waals surface area contributed by atoms with E-state index in [4.69, 9.17) is 5.26 Å². The molecule has 0 aliphatic heterocycles. The minimum absolute atomic E-state index is 0.520. The van der Waals surface area contributed by atoms with Crippen LogP contribution in [0.15, 0.2) is 42.6 Å². The number of nitrogens with zero attached hydrogens (tertiary/aromatic N) is 3. The molecule has 0 saturated heterocycles. The van der Waals surface area contributed by atoms with Gasteiger partial charge in [0.2, 0.25) is 0 Å². The Morgan fingerprint density at radius 2 is 2.11 bits per heavy atom. The van der Waals surface area contributed by atoms with Gasteiger partial charge in [-0.15, -0.1) is 0 Å². The van der Waals surface area contributed by atoms with Crippen LogP contribution in [0.2, 0.25) is 0 Å². The smallest absolute Gasteiger partial charge is 0.132 e. The Morgan fingerprint density at radius 3 is 2.68 bits per heavy atom. The molecule has 4 nitrogen and oxygen atoms in total. The van der Waals surface area contributed by atoms with E-state index in [-0.39, 0.29) is 0 Å². The van der Waals surface area contributed by atoms with Gasteiger partial charge in [-0.2, -0.15) is 5.26 Å². The molecule has 0 aliphatic carbocycles. The molecule has 1 N–H and O–H groups in total. The van der Waals surface area contributed by atoms with E-state index in [9.17, 15) is 5.11 Å². The fourth-order valence-electron chi connectivity index (χ4n) is 1.76. The molecule has 0 radical (unpaired) electrons. The lowest BCUT2D eigenvalue weighted by molar-refractivity contribution is 0.199. The van der Waals surface area contributed by atoms with Crippen LogP contribution in [0.25, 0.3) is 0 Å². The second-order valence-electron chi connectivity index (χ2n) is 4.35. The predicted molar refractivity (Wildman–Crippen MR) is 74.1 cm³/mol. The molecule has 0 bridgehead atoms. The number of nitriles is 1. The molecule has 1 aromatic heterocycles. The average Bonchev–Trinajstić information content (AvgIpc) is 2.46. The van der Waals surface area contributed by atoms with Crippen molar-refractivity contribution in [1.82, 2.24) is 4.98 Å². The lowest BCUT2D eigenvalue weighted by atomic mass is 10.2. The van der Waals surface area contributed by atoms with Gasteiger partial charge >= 0.3 is 0 Å². The molecule has 1 heterocycles. The fourth-order valence-corrected chi connectivity index (χ4v) is 1.76. The number of pyridine rings is 1. The number of anilines is 2. The van der Waals surface area contributed by atoms with E-state index in [1.807, 2.05) is 42.3 Å². The Labute approximate surface area is 112 Å². The molecule has 1 aromatic carbocycles. The van der Waals surface area contributed by atoms with Crippen molar-refractivity contribution in [3.8, 4) is 6.07 Å². The highest BCUT2D eigenvalue weighted by molar-refractivity contribution is 5.61. The van der Waals surface area contributed by atoms with Gasteiger partial charge in [0.1, 0.15) is 5.82 Å². The van der Waals surface area contributed by atoms with Gasteiger partial charge in [-0.25, -0.2) is 4.98 Å². The van der Waals surface area contributed by atoms with E-state index >= 15 is 0 Å². The first-order chi connectivity index (χ1) is 9.11. The maximum Gasteiger partial charge on any atom is 0.132 e. The first-order valence-electron chi connectivity index (χ1n) is 5.99. The summed E-state index contributed by atoms with van der Waals surface area (Å²) in [5, 5.41) is 18.3. The summed E-state index contributed by atoms with van der Waals surface area (Å²) in [6.45, 7) is 1.71. The number of benzene rings is 1. The first-order valence-corrected chi connectivity index (χ1v) is 5.99. The number of hydrogen-bond acceptors (Lipinski definition) is 4. The van der Waals surface area contributed by atoms with E-state index in [0.29, 0.717) is 5.56 Å². The third-order valence-corrected chi connectivity index (χ3v) is 2.96. The minimum Gasteiger partial charge on any atom is -0.389 e. The quantitative estimate of drug-likeness (QED) is 0.913. The Morgan fingerprint density at radius 1 is 1.32 bits per heavy atom. The van der Waals surface area contributed by atoms with Crippen molar-refractivity contribution < 1.29 is 5.11 Å². The molecule has 0 spiro atoms. The van der Waals surface area contributed by atoms with Crippen molar-refractivity contribution >= 4 is 11.5 Å². The monoisotopic (exact) mass is 253 g/mol. The predicted octanol–water partition coefficient (Wildman–Crippen LogP) is 2.77. The Hall–Kier alpha value is -2.38. The Kier molecular flexibility index (Phi) is 3.79. The molecular formula is C15H15N3O. The summed E-state index contributed by atoms with van der Waals surface area (Å²) in [6.07, 6.45) is 1.14. The molecule has 96 valence electrons. The third-order valence-electron chi connectivity index (χ3n) is 2.96. The molecule has 1 atom stereocenters. The largest absolute Gasteiger partial charge is 0.389 e. The highest BCUT2D eigenvalue weighted by Gasteiger charge is 2.07. The van der Waals surface area contributed by atoms with Gasteiger partial charge in [-0.1, -0.05) is 12.1 Å². The fraction of sp³-hybridized carbons (Fsp3) is 0.200. The summed E-state index contributed by atoms with van der Waals surface area (Å²) in [6, 6.07) is 13.1. The average molecular weight is 253 g/mol. The zero-order valence-electron chi connectivity index (χ0n) is 10.9. The standard InChI is InChI=1S/C15H15N3O/c1-11(19)13-6-7-15(17-10-13)18(2)14-5-3-4-12(8-14)9-16/h3-8,10-11,19H,1-2H3. The number of aliphatic hydroxyl groups excluding tert-OH is 1. The molecular weight excluding hydrogens is 238 g/mol. The maximum absolute atomic E-state index is 9.45. The highest BCUT2D eigenvalue weighted by atomic mass is 16.3. The number of rotatable bonds is 3. The molecule has 0 fully saturated rings. The second kappa shape index (κ2) is 5.51. The van der Waals surface area contributed by atoms with Crippen molar-refractivity contribution in [2.24, 2.45) is 0 Å². The van der Waals surface area contributed by atoms with Crippen LogP contribution in [0.3, 0.4) is 0 Å². The van der Waals surface area contributed by atoms with Crippen molar-refractivity contribution in [3.05, 3.63) is 53.7 Å². The van der Waals surface area contributed by atoms with Gasteiger partial charge in [0.05, 0.1) is 17.7 Å². The molecule has 2 rings (SSSR count). The Balaban J connectivity index is 2.28. The van der Waals surface area contributed by atoms with Crippen molar-refractivity contribution in [2.75, 3.05) is 11.9 Å². The van der Waals surface area contributed by atoms with Crippen LogP contribution >= 0.6 is 0 Å². The maximum atomic E-state index is 9.45. The van der Waals surface area contributed by atoms with Crippen LogP contribution in [-0.4, -0.2) is 17.1 Å². The molecule has 2 aromatic rings. The first kappa shape index (κ1) is 13.1. The van der Waals surface area contributed by atoms with Gasteiger partial charge in [-0.3, -0.25) is 0 Å². The van der Waals surface area contributed by atoms with Crippen molar-refractivity contribution in [2.45, 2.75) is 13.0 Å². The SMILES string of the molecule is CC(O)c1ccc(N(C)c2cccc(C#N)c2)nc1. The van der Waals surface area contributed by atoms with Gasteiger partial charge < -0.3 is 10.0 Å². The summed E-state index contributed by atoms with van der Waals surface area (Å²) < 4.78 is 0. The zero-order chi connectivity index (χ0) is 13.8. The molecule has 0 amide bonds. The van der Waals surface area contributed by atoms with E-state index in [0.717, 1.165) is 17.1 Å². The lowest BCUT2D eigenvalue weighted by Gasteiger charge is -2.19. The van der Waals surface area contributed by atoms with E-state index in [1.165, 1.54) is 0 Å². The molecule has 0 saturated carbocycles. The number of aromatic nitrogens is 1. The third kappa shape index (κ3) is 2.90. The number of aliphatic hydroxyl groups is 1. The summed E-state index contributed by atoms with van der Waals surface area (Å²) >= 11 is 0. The van der Waals surface area contributed by atoms with E-state index in [1.54, 1.807) is 19.2 Å². The van der Waals surface area contributed by atoms with Gasteiger partial charge in [0, 0.05) is 18.9 Å². The summed E-state index contributed by atoms with van der Waals surface area (Å²) in [5.74, 6) is 0.763. The van der Waals surface area contributed by atoms with E-state index in [2.05, 4.69) is 11.1 Å². The highest BCUT2D eigenvalue weighted by Crippen LogP contribution is 2.23. The van der Waals surface area contributed by atoms with Crippen molar-refractivity contribution in [3.63, 3.8) is 0 Å². The van der Waals surface area contributed by atoms with E-state index < -0.39 is 6.10 Å². The van der Waals surface area contributed by atoms with Gasteiger partial charge in [0.15, 0.2) is 0 Å². The molecule has 0 aliphatic rings. The van der Waals surface area contributed by atoms with Crippen LogP contribution in [0.5, 0.6) is 0 Å². The molecule has 4 heteroatoms. The molecule has 19 heavy (non-hydrogen) atoms.